The van der Waals surface area contributed by atoms with Crippen molar-refractivity contribution in [1.82, 2.24) is 0 Å². The summed E-state index contributed by atoms with van der Waals surface area (Å²) in [6.07, 6.45) is 1.74. The molecule has 5 aromatic rings. The standard InChI is InChI=1S/C20H11BrOS/c21-17-10-12-8-9-22-18(12)11-16(17)15-6-3-5-14-13-4-1-2-7-19(13)23-20(14)15/h1-11H. The summed E-state index contributed by atoms with van der Waals surface area (Å²) in [5, 5.41) is 3.75. The van der Waals surface area contributed by atoms with Gasteiger partial charge in [0, 0.05) is 41.2 Å². The van der Waals surface area contributed by atoms with Gasteiger partial charge in [-0.1, -0.05) is 52.3 Å². The number of furan rings is 1. The van der Waals surface area contributed by atoms with Crippen LogP contribution in [0.15, 0.2) is 75.8 Å². The normalized spacial score (nSPS) is 11.7. The van der Waals surface area contributed by atoms with Gasteiger partial charge >= 0.3 is 0 Å². The molecular weight excluding hydrogens is 368 g/mol. The van der Waals surface area contributed by atoms with Crippen molar-refractivity contribution >= 4 is 58.4 Å². The molecule has 23 heavy (non-hydrogen) atoms. The average molecular weight is 379 g/mol. The first-order valence-electron chi connectivity index (χ1n) is 7.39. The lowest BCUT2D eigenvalue weighted by atomic mass is 10.0. The summed E-state index contributed by atoms with van der Waals surface area (Å²) in [5.74, 6) is 0. The van der Waals surface area contributed by atoms with Crippen molar-refractivity contribution in [2.75, 3.05) is 0 Å². The van der Waals surface area contributed by atoms with Gasteiger partial charge in [-0.05, 0) is 24.3 Å². The molecule has 0 unspecified atom stereocenters. The zero-order valence-electron chi connectivity index (χ0n) is 12.0. The van der Waals surface area contributed by atoms with E-state index in [1.54, 1.807) is 6.26 Å². The van der Waals surface area contributed by atoms with E-state index >= 15 is 0 Å². The van der Waals surface area contributed by atoms with Gasteiger partial charge in [0.25, 0.3) is 0 Å². The van der Waals surface area contributed by atoms with Crippen molar-refractivity contribution in [3.8, 4) is 11.1 Å². The molecular formula is C20H11BrOS. The van der Waals surface area contributed by atoms with E-state index in [-0.39, 0.29) is 0 Å². The summed E-state index contributed by atoms with van der Waals surface area (Å²) in [4.78, 5) is 0. The maximum absolute atomic E-state index is 5.59. The Labute approximate surface area is 145 Å². The Hall–Kier alpha value is -2.10. The summed E-state index contributed by atoms with van der Waals surface area (Å²) in [7, 11) is 0. The third kappa shape index (κ3) is 1.97. The van der Waals surface area contributed by atoms with Crippen LogP contribution in [0, 0.1) is 0 Å². The van der Waals surface area contributed by atoms with Crippen LogP contribution in [0.3, 0.4) is 0 Å². The molecule has 0 aliphatic heterocycles. The van der Waals surface area contributed by atoms with Crippen molar-refractivity contribution in [2.24, 2.45) is 0 Å². The molecule has 0 radical (unpaired) electrons. The van der Waals surface area contributed by atoms with E-state index in [0.717, 1.165) is 15.4 Å². The maximum Gasteiger partial charge on any atom is 0.134 e. The van der Waals surface area contributed by atoms with Gasteiger partial charge in [0.15, 0.2) is 0 Å². The Morgan fingerprint density at radius 3 is 2.65 bits per heavy atom. The predicted octanol–water partition coefficient (Wildman–Crippen LogP) is 7.23. The molecule has 0 aliphatic carbocycles. The van der Waals surface area contributed by atoms with Crippen LogP contribution in [0.1, 0.15) is 0 Å². The third-order valence-electron chi connectivity index (χ3n) is 4.24. The molecule has 1 nitrogen and oxygen atoms in total. The SMILES string of the molecule is Brc1cc2ccoc2cc1-c1cccc2c1sc1ccccc12. The van der Waals surface area contributed by atoms with E-state index in [1.807, 2.05) is 17.4 Å². The molecule has 110 valence electrons. The minimum atomic E-state index is 0.918. The van der Waals surface area contributed by atoms with Crippen LogP contribution >= 0.6 is 27.3 Å². The molecule has 2 heterocycles. The van der Waals surface area contributed by atoms with Crippen molar-refractivity contribution in [1.29, 1.82) is 0 Å². The van der Waals surface area contributed by atoms with Crippen LogP contribution in [0.25, 0.3) is 42.3 Å². The highest BCUT2D eigenvalue weighted by atomic mass is 79.9. The number of halogens is 1. The second-order valence-corrected chi connectivity index (χ2v) is 7.48. The molecule has 3 heteroatoms. The fraction of sp³-hybridized carbons (Fsp3) is 0. The molecule has 0 bridgehead atoms. The molecule has 2 aromatic heterocycles. The summed E-state index contributed by atoms with van der Waals surface area (Å²) >= 11 is 5.58. The van der Waals surface area contributed by atoms with Crippen molar-refractivity contribution < 1.29 is 4.42 Å². The molecule has 5 rings (SSSR count). The molecule has 0 saturated heterocycles. The van der Waals surface area contributed by atoms with E-state index in [1.165, 1.54) is 31.3 Å². The number of thiophene rings is 1. The fourth-order valence-electron chi connectivity index (χ4n) is 3.15. The van der Waals surface area contributed by atoms with Crippen LogP contribution in [0.5, 0.6) is 0 Å². The molecule has 0 aliphatic rings. The molecule has 0 amide bonds. The van der Waals surface area contributed by atoms with Gasteiger partial charge in [0.05, 0.1) is 6.26 Å². The first-order chi connectivity index (χ1) is 11.3. The van der Waals surface area contributed by atoms with Gasteiger partial charge in [-0.15, -0.1) is 11.3 Å². The Balaban J connectivity index is 1.89. The number of hydrogen-bond donors (Lipinski definition) is 0. The highest BCUT2D eigenvalue weighted by molar-refractivity contribution is 9.10. The molecule has 0 fully saturated rings. The van der Waals surface area contributed by atoms with Crippen LogP contribution in [0.2, 0.25) is 0 Å². The van der Waals surface area contributed by atoms with E-state index in [0.29, 0.717) is 0 Å². The van der Waals surface area contributed by atoms with Gasteiger partial charge in [-0.25, -0.2) is 0 Å². The van der Waals surface area contributed by atoms with Crippen molar-refractivity contribution in [2.45, 2.75) is 0 Å². The number of fused-ring (bicyclic) bond motifs is 4. The third-order valence-corrected chi connectivity index (χ3v) is 6.11. The summed E-state index contributed by atoms with van der Waals surface area (Å²) in [6.45, 7) is 0. The second-order valence-electron chi connectivity index (χ2n) is 5.57. The highest BCUT2D eigenvalue weighted by Crippen LogP contribution is 2.42. The molecule has 0 saturated carbocycles. The van der Waals surface area contributed by atoms with Crippen molar-refractivity contribution in [3.63, 3.8) is 0 Å². The van der Waals surface area contributed by atoms with Gasteiger partial charge < -0.3 is 4.42 Å². The fourth-order valence-corrected chi connectivity index (χ4v) is 4.95. The monoisotopic (exact) mass is 378 g/mol. The van der Waals surface area contributed by atoms with Gasteiger partial charge in [-0.2, -0.15) is 0 Å². The van der Waals surface area contributed by atoms with Crippen LogP contribution < -0.4 is 0 Å². The van der Waals surface area contributed by atoms with Crippen molar-refractivity contribution in [3.05, 3.63) is 71.4 Å². The molecule has 0 N–H and O–H groups in total. The number of rotatable bonds is 1. The topological polar surface area (TPSA) is 13.1 Å². The number of hydrogen-bond acceptors (Lipinski definition) is 2. The Morgan fingerprint density at radius 2 is 1.70 bits per heavy atom. The predicted molar refractivity (Wildman–Crippen MR) is 102 cm³/mol. The van der Waals surface area contributed by atoms with Crippen LogP contribution in [-0.4, -0.2) is 0 Å². The molecule has 0 atom stereocenters. The lowest BCUT2D eigenvalue weighted by Gasteiger charge is -2.06. The quantitative estimate of drug-likeness (QED) is 0.299. The minimum absolute atomic E-state index is 0.918. The van der Waals surface area contributed by atoms with Crippen LogP contribution in [0.4, 0.5) is 0 Å². The lowest BCUT2D eigenvalue weighted by molar-refractivity contribution is 0.616. The second kappa shape index (κ2) is 4.95. The Bertz CT molecular complexity index is 1180. The maximum atomic E-state index is 5.59. The first-order valence-corrected chi connectivity index (χ1v) is 8.99. The molecule has 3 aromatic carbocycles. The minimum Gasteiger partial charge on any atom is -0.464 e. The largest absolute Gasteiger partial charge is 0.464 e. The molecule has 0 spiro atoms. The number of benzene rings is 3. The zero-order valence-corrected chi connectivity index (χ0v) is 14.4. The smallest absolute Gasteiger partial charge is 0.134 e. The summed E-state index contributed by atoms with van der Waals surface area (Å²) in [6, 6.07) is 21.4. The van der Waals surface area contributed by atoms with Crippen LogP contribution in [-0.2, 0) is 0 Å². The lowest BCUT2D eigenvalue weighted by Crippen LogP contribution is -1.81. The summed E-state index contributed by atoms with van der Waals surface area (Å²) in [5.41, 5.74) is 3.33. The Kier molecular flexibility index (Phi) is 2.87. The van der Waals surface area contributed by atoms with Gasteiger partial charge in [0.2, 0.25) is 0 Å². The van der Waals surface area contributed by atoms with E-state index in [9.17, 15) is 0 Å². The first kappa shape index (κ1) is 13.3. The average Bonchev–Trinajstić information content (AvgIpc) is 3.17. The highest BCUT2D eigenvalue weighted by Gasteiger charge is 2.13. The van der Waals surface area contributed by atoms with E-state index in [2.05, 4.69) is 70.5 Å². The zero-order chi connectivity index (χ0) is 15.4. The van der Waals surface area contributed by atoms with E-state index < -0.39 is 0 Å². The van der Waals surface area contributed by atoms with Gasteiger partial charge in [0.1, 0.15) is 5.58 Å². The summed E-state index contributed by atoms with van der Waals surface area (Å²) < 4.78 is 9.33. The Morgan fingerprint density at radius 1 is 0.826 bits per heavy atom. The van der Waals surface area contributed by atoms with Gasteiger partial charge in [-0.3, -0.25) is 0 Å². The van der Waals surface area contributed by atoms with E-state index in [4.69, 9.17) is 4.42 Å².